The predicted molar refractivity (Wildman–Crippen MR) is 122 cm³/mol. The van der Waals surface area contributed by atoms with Crippen molar-refractivity contribution in [2.45, 2.75) is 34.1 Å². The van der Waals surface area contributed by atoms with Crippen LogP contribution in [0, 0.1) is 32.1 Å². The number of aromatic nitrogens is 1. The molecule has 158 valence electrons. The van der Waals surface area contributed by atoms with Crippen LogP contribution in [0.2, 0.25) is 0 Å². The zero-order valence-electron chi connectivity index (χ0n) is 18.2. The Labute approximate surface area is 182 Å². The Hall–Kier alpha value is -3.85. The number of aryl methyl sites for hydroxylation is 3. The lowest BCUT2D eigenvalue weighted by Gasteiger charge is -2.17. The molecule has 6 nitrogen and oxygen atoms in total. The minimum absolute atomic E-state index is 0.225. The van der Waals surface area contributed by atoms with Crippen LogP contribution in [-0.4, -0.2) is 17.4 Å². The van der Waals surface area contributed by atoms with Crippen LogP contribution < -0.4 is 15.4 Å². The second-order valence-corrected chi connectivity index (χ2v) is 7.47. The first-order valence-corrected chi connectivity index (χ1v) is 10.2. The van der Waals surface area contributed by atoms with E-state index in [-0.39, 0.29) is 5.91 Å². The highest BCUT2D eigenvalue weighted by Crippen LogP contribution is 2.33. The van der Waals surface area contributed by atoms with Crippen LogP contribution in [0.3, 0.4) is 0 Å². The molecule has 31 heavy (non-hydrogen) atoms. The van der Waals surface area contributed by atoms with Gasteiger partial charge in [0.25, 0.3) is 5.91 Å². The first-order chi connectivity index (χ1) is 14.9. The second-order valence-electron chi connectivity index (χ2n) is 7.47. The lowest BCUT2D eigenvalue weighted by atomic mass is 10.1. The Balaban J connectivity index is 1.97. The number of carbonyl (C=O) groups is 1. The van der Waals surface area contributed by atoms with Gasteiger partial charge in [-0.3, -0.25) is 4.79 Å². The summed E-state index contributed by atoms with van der Waals surface area (Å²) in [4.78, 5) is 17.1. The van der Waals surface area contributed by atoms with Crippen LogP contribution in [-0.2, 0) is 0 Å². The van der Waals surface area contributed by atoms with Gasteiger partial charge in [0.15, 0.2) is 0 Å². The summed E-state index contributed by atoms with van der Waals surface area (Å²) in [6, 6.07) is 15.0. The number of nitriles is 1. The van der Waals surface area contributed by atoms with Gasteiger partial charge in [-0.05, 0) is 62.6 Å². The summed E-state index contributed by atoms with van der Waals surface area (Å²) in [7, 11) is 0. The minimum Gasteiger partial charge on any atom is -0.456 e. The number of benzene rings is 2. The average Bonchev–Trinajstić information content (AvgIpc) is 2.75. The molecular formula is C25H26N4O2. The van der Waals surface area contributed by atoms with Crippen molar-refractivity contribution >= 4 is 17.4 Å². The Morgan fingerprint density at radius 3 is 2.39 bits per heavy atom. The molecule has 0 spiro atoms. The van der Waals surface area contributed by atoms with Gasteiger partial charge in [0.05, 0.1) is 11.6 Å². The average molecular weight is 415 g/mol. The maximum atomic E-state index is 12.7. The van der Waals surface area contributed by atoms with E-state index in [0.717, 1.165) is 34.5 Å². The highest BCUT2D eigenvalue weighted by molar-refractivity contribution is 5.97. The normalized spacial score (nSPS) is 10.3. The third-order valence-electron chi connectivity index (χ3n) is 4.75. The first kappa shape index (κ1) is 21.8. The van der Waals surface area contributed by atoms with E-state index in [2.05, 4.69) is 33.8 Å². The molecule has 0 fully saturated rings. The standard InChI is InChI=1S/C25H26N4O2/c1-5-10-27-25(30)21-15-28-23(29-20-8-6-19(14-26)7-9-20)13-22(21)31-24-17(3)11-16(2)12-18(24)4/h6-9,11-13,15H,5,10H2,1-4H3,(H,27,30)(H,28,29). The van der Waals surface area contributed by atoms with Crippen molar-refractivity contribution in [1.82, 2.24) is 10.3 Å². The van der Waals surface area contributed by atoms with E-state index in [1.54, 1.807) is 30.3 Å². The molecule has 2 aromatic carbocycles. The second kappa shape index (κ2) is 9.77. The van der Waals surface area contributed by atoms with Crippen molar-refractivity contribution in [3.8, 4) is 17.6 Å². The van der Waals surface area contributed by atoms with E-state index in [1.807, 2.05) is 27.7 Å². The third kappa shape index (κ3) is 5.40. The van der Waals surface area contributed by atoms with Crippen molar-refractivity contribution in [2.75, 3.05) is 11.9 Å². The van der Waals surface area contributed by atoms with Crippen LogP contribution in [0.4, 0.5) is 11.5 Å². The maximum absolute atomic E-state index is 12.7. The highest BCUT2D eigenvalue weighted by Gasteiger charge is 2.17. The number of pyridine rings is 1. The molecule has 3 rings (SSSR count). The number of amides is 1. The Morgan fingerprint density at radius 1 is 1.10 bits per heavy atom. The van der Waals surface area contributed by atoms with E-state index >= 15 is 0 Å². The van der Waals surface area contributed by atoms with Gasteiger partial charge in [-0.15, -0.1) is 0 Å². The number of rotatable bonds is 7. The summed E-state index contributed by atoms with van der Waals surface area (Å²) >= 11 is 0. The van der Waals surface area contributed by atoms with Gasteiger partial charge < -0.3 is 15.4 Å². The van der Waals surface area contributed by atoms with Gasteiger partial charge in [0.1, 0.15) is 22.9 Å². The Morgan fingerprint density at radius 2 is 1.77 bits per heavy atom. The van der Waals surface area contributed by atoms with Crippen LogP contribution in [0.25, 0.3) is 0 Å². The molecule has 1 amide bonds. The van der Waals surface area contributed by atoms with Crippen molar-refractivity contribution in [1.29, 1.82) is 5.26 Å². The highest BCUT2D eigenvalue weighted by atomic mass is 16.5. The largest absolute Gasteiger partial charge is 0.456 e. The first-order valence-electron chi connectivity index (χ1n) is 10.2. The maximum Gasteiger partial charge on any atom is 0.256 e. The number of nitrogens with one attached hydrogen (secondary N) is 2. The number of carbonyl (C=O) groups excluding carboxylic acids is 1. The van der Waals surface area contributed by atoms with Crippen molar-refractivity contribution in [3.63, 3.8) is 0 Å². The molecule has 3 aromatic rings. The van der Waals surface area contributed by atoms with Crippen molar-refractivity contribution in [2.24, 2.45) is 0 Å². The van der Waals surface area contributed by atoms with Crippen LogP contribution in [0.1, 0.15) is 46.0 Å². The van der Waals surface area contributed by atoms with E-state index in [0.29, 0.717) is 29.2 Å². The summed E-state index contributed by atoms with van der Waals surface area (Å²) in [6.45, 7) is 8.59. The number of nitrogens with zero attached hydrogens (tertiary/aromatic N) is 2. The zero-order valence-corrected chi connectivity index (χ0v) is 18.2. The fourth-order valence-corrected chi connectivity index (χ4v) is 3.31. The van der Waals surface area contributed by atoms with Gasteiger partial charge in [-0.25, -0.2) is 4.98 Å². The fraction of sp³-hybridized carbons (Fsp3) is 0.240. The molecule has 0 radical (unpaired) electrons. The molecule has 0 saturated carbocycles. The van der Waals surface area contributed by atoms with Gasteiger partial charge in [-0.2, -0.15) is 5.26 Å². The third-order valence-corrected chi connectivity index (χ3v) is 4.75. The van der Waals surface area contributed by atoms with Gasteiger partial charge in [-0.1, -0.05) is 24.6 Å². The molecule has 0 atom stereocenters. The molecule has 0 aliphatic carbocycles. The summed E-state index contributed by atoms with van der Waals surface area (Å²) in [6.07, 6.45) is 2.36. The SMILES string of the molecule is CCCNC(=O)c1cnc(Nc2ccc(C#N)cc2)cc1Oc1c(C)cc(C)cc1C. The smallest absolute Gasteiger partial charge is 0.256 e. The zero-order chi connectivity index (χ0) is 22.4. The van der Waals surface area contributed by atoms with Crippen LogP contribution >= 0.6 is 0 Å². The topological polar surface area (TPSA) is 87.0 Å². The van der Waals surface area contributed by atoms with Gasteiger partial charge >= 0.3 is 0 Å². The van der Waals surface area contributed by atoms with E-state index in [4.69, 9.17) is 10.00 Å². The molecule has 0 bridgehead atoms. The molecule has 0 unspecified atom stereocenters. The molecule has 0 saturated heterocycles. The molecule has 0 aliphatic rings. The monoisotopic (exact) mass is 414 g/mol. The summed E-state index contributed by atoms with van der Waals surface area (Å²) in [5, 5.41) is 15.0. The number of ether oxygens (including phenoxy) is 1. The van der Waals surface area contributed by atoms with Crippen molar-refractivity contribution < 1.29 is 9.53 Å². The Kier molecular flexibility index (Phi) is 6.88. The van der Waals surface area contributed by atoms with Crippen LogP contribution in [0.15, 0.2) is 48.7 Å². The van der Waals surface area contributed by atoms with Gasteiger partial charge in [0, 0.05) is 24.5 Å². The lowest BCUT2D eigenvalue weighted by molar-refractivity contribution is 0.0951. The van der Waals surface area contributed by atoms with Crippen molar-refractivity contribution in [3.05, 3.63) is 76.5 Å². The predicted octanol–water partition coefficient (Wildman–Crippen LogP) is 5.55. The molecule has 1 heterocycles. The minimum atomic E-state index is -0.225. The molecule has 0 aliphatic heterocycles. The van der Waals surface area contributed by atoms with E-state index in [1.165, 1.54) is 6.20 Å². The van der Waals surface area contributed by atoms with Gasteiger partial charge in [0.2, 0.25) is 0 Å². The lowest BCUT2D eigenvalue weighted by Crippen LogP contribution is -2.24. The quantitative estimate of drug-likeness (QED) is 0.529. The fourth-order valence-electron chi connectivity index (χ4n) is 3.31. The van der Waals surface area contributed by atoms with Crippen LogP contribution in [0.5, 0.6) is 11.5 Å². The molecule has 1 aromatic heterocycles. The molecule has 6 heteroatoms. The molecular weight excluding hydrogens is 388 g/mol. The summed E-state index contributed by atoms with van der Waals surface area (Å²) in [5.74, 6) is 1.46. The van der Waals surface area contributed by atoms with E-state index in [9.17, 15) is 4.79 Å². The number of hydrogen-bond acceptors (Lipinski definition) is 5. The number of hydrogen-bond donors (Lipinski definition) is 2. The summed E-state index contributed by atoms with van der Waals surface area (Å²) < 4.78 is 6.26. The van der Waals surface area contributed by atoms with E-state index < -0.39 is 0 Å². The summed E-state index contributed by atoms with van der Waals surface area (Å²) in [5.41, 5.74) is 4.88. The Bertz CT molecular complexity index is 1110. The number of anilines is 2. The molecule has 2 N–H and O–H groups in total.